The van der Waals surface area contributed by atoms with E-state index in [0.717, 1.165) is 10.9 Å². The summed E-state index contributed by atoms with van der Waals surface area (Å²) in [4.78, 5) is 12.1. The van der Waals surface area contributed by atoms with Gasteiger partial charge in [-0.05, 0) is 18.4 Å². The highest BCUT2D eigenvalue weighted by Gasteiger charge is 2.28. The summed E-state index contributed by atoms with van der Waals surface area (Å²) in [5, 5.41) is 10.4. The first-order valence-corrected chi connectivity index (χ1v) is 8.29. The lowest BCUT2D eigenvalue weighted by Gasteiger charge is -2.08. The number of sulfone groups is 1. The van der Waals surface area contributed by atoms with Crippen LogP contribution in [0.1, 0.15) is 16.9 Å². The molecule has 0 bridgehead atoms. The van der Waals surface area contributed by atoms with Crippen molar-refractivity contribution in [2.45, 2.75) is 6.42 Å². The highest BCUT2D eigenvalue weighted by Crippen LogP contribution is 2.18. The predicted molar refractivity (Wildman–Crippen MR) is 75.2 cm³/mol. The molecule has 1 amide bonds. The van der Waals surface area contributed by atoms with Gasteiger partial charge in [0.05, 0.1) is 17.0 Å². The van der Waals surface area contributed by atoms with E-state index in [-0.39, 0.29) is 23.3 Å². The minimum Gasteiger partial charge on any atom is -0.350 e. The van der Waals surface area contributed by atoms with Gasteiger partial charge in [0.2, 0.25) is 0 Å². The standard InChI is InChI=1S/C13H15N3O3S/c17-13(14-7-9-5-6-20(18,19)8-9)12-10-3-1-2-4-11(10)15-16-12/h1-4,9H,5-8H2,(H,14,17)(H,15,16)/t9-/m0/s1. The van der Waals surface area contributed by atoms with Crippen LogP contribution in [-0.4, -0.2) is 42.6 Å². The fourth-order valence-electron chi connectivity index (χ4n) is 2.49. The van der Waals surface area contributed by atoms with Crippen molar-refractivity contribution in [2.24, 2.45) is 5.92 Å². The number of aromatic nitrogens is 2. The average molecular weight is 293 g/mol. The molecule has 1 atom stereocenters. The second-order valence-corrected chi connectivity index (χ2v) is 7.33. The molecule has 0 spiro atoms. The quantitative estimate of drug-likeness (QED) is 0.872. The molecule has 1 saturated heterocycles. The molecule has 2 heterocycles. The van der Waals surface area contributed by atoms with Gasteiger partial charge in [0.25, 0.3) is 5.91 Å². The maximum absolute atomic E-state index is 12.1. The van der Waals surface area contributed by atoms with E-state index in [1.54, 1.807) is 0 Å². The van der Waals surface area contributed by atoms with Crippen molar-refractivity contribution >= 4 is 26.6 Å². The van der Waals surface area contributed by atoms with Gasteiger partial charge in [-0.2, -0.15) is 5.10 Å². The third-order valence-corrected chi connectivity index (χ3v) is 5.40. The van der Waals surface area contributed by atoms with Crippen LogP contribution in [0.4, 0.5) is 0 Å². The number of nitrogens with one attached hydrogen (secondary N) is 2. The maximum Gasteiger partial charge on any atom is 0.272 e. The molecule has 6 nitrogen and oxygen atoms in total. The molecular weight excluding hydrogens is 278 g/mol. The molecule has 2 N–H and O–H groups in total. The van der Waals surface area contributed by atoms with Gasteiger partial charge in [-0.3, -0.25) is 9.89 Å². The van der Waals surface area contributed by atoms with Crippen LogP contribution in [0, 0.1) is 5.92 Å². The number of fused-ring (bicyclic) bond motifs is 1. The van der Waals surface area contributed by atoms with Gasteiger partial charge in [-0.1, -0.05) is 18.2 Å². The first-order chi connectivity index (χ1) is 9.55. The van der Waals surface area contributed by atoms with E-state index in [4.69, 9.17) is 0 Å². The lowest BCUT2D eigenvalue weighted by molar-refractivity contribution is 0.0945. The SMILES string of the molecule is O=C(NC[C@@H]1CCS(=O)(=O)C1)c1n[nH]c2ccccc12. The van der Waals surface area contributed by atoms with Crippen LogP contribution >= 0.6 is 0 Å². The lowest BCUT2D eigenvalue weighted by atomic mass is 10.1. The smallest absolute Gasteiger partial charge is 0.272 e. The van der Waals surface area contributed by atoms with Gasteiger partial charge in [0, 0.05) is 11.9 Å². The number of H-pyrrole nitrogens is 1. The fourth-order valence-corrected chi connectivity index (χ4v) is 4.35. The molecule has 20 heavy (non-hydrogen) atoms. The normalized spacial score (nSPS) is 21.1. The van der Waals surface area contributed by atoms with E-state index in [9.17, 15) is 13.2 Å². The third kappa shape index (κ3) is 2.53. The number of hydrogen-bond acceptors (Lipinski definition) is 4. The number of aromatic amines is 1. The second kappa shape index (κ2) is 4.90. The molecule has 106 valence electrons. The number of carbonyl (C=O) groups is 1. The number of para-hydroxylation sites is 1. The summed E-state index contributed by atoms with van der Waals surface area (Å²) in [5.41, 5.74) is 1.16. The number of nitrogens with zero attached hydrogens (tertiary/aromatic N) is 1. The fraction of sp³-hybridized carbons (Fsp3) is 0.385. The van der Waals surface area contributed by atoms with Gasteiger partial charge in [0.1, 0.15) is 0 Å². The van der Waals surface area contributed by atoms with Crippen molar-refractivity contribution in [3.8, 4) is 0 Å². The van der Waals surface area contributed by atoms with Gasteiger partial charge < -0.3 is 5.32 Å². The molecule has 1 aliphatic rings. The van der Waals surface area contributed by atoms with E-state index in [0.29, 0.717) is 18.7 Å². The van der Waals surface area contributed by atoms with Crippen LogP contribution in [0.25, 0.3) is 10.9 Å². The van der Waals surface area contributed by atoms with Crippen molar-refractivity contribution in [1.82, 2.24) is 15.5 Å². The first-order valence-electron chi connectivity index (χ1n) is 6.47. The van der Waals surface area contributed by atoms with Crippen molar-refractivity contribution in [3.05, 3.63) is 30.0 Å². The Bertz CT molecular complexity index is 751. The Hall–Kier alpha value is -1.89. The molecule has 1 fully saturated rings. The number of amides is 1. The van der Waals surface area contributed by atoms with Crippen LogP contribution in [0.15, 0.2) is 24.3 Å². The summed E-state index contributed by atoms with van der Waals surface area (Å²) in [7, 11) is -2.90. The molecule has 2 aromatic rings. The Balaban J connectivity index is 1.68. The molecule has 1 aliphatic heterocycles. The highest BCUT2D eigenvalue weighted by molar-refractivity contribution is 7.91. The van der Waals surface area contributed by atoms with Crippen LogP contribution < -0.4 is 5.32 Å². The Labute approximate surface area is 116 Å². The van der Waals surface area contributed by atoms with Crippen LogP contribution in [0.3, 0.4) is 0 Å². The monoisotopic (exact) mass is 293 g/mol. The molecule has 7 heteroatoms. The average Bonchev–Trinajstić information content (AvgIpc) is 2.99. The molecule has 0 saturated carbocycles. The highest BCUT2D eigenvalue weighted by atomic mass is 32.2. The summed E-state index contributed by atoms with van der Waals surface area (Å²) in [5.74, 6) is 0.119. The molecule has 0 radical (unpaired) electrons. The van der Waals surface area contributed by atoms with Crippen LogP contribution in [-0.2, 0) is 9.84 Å². The molecular formula is C13H15N3O3S. The zero-order valence-electron chi connectivity index (χ0n) is 10.8. The Morgan fingerprint density at radius 2 is 2.20 bits per heavy atom. The Morgan fingerprint density at radius 1 is 1.40 bits per heavy atom. The second-order valence-electron chi connectivity index (χ2n) is 5.10. The number of rotatable bonds is 3. The number of carbonyl (C=O) groups excluding carboxylic acids is 1. The topological polar surface area (TPSA) is 91.9 Å². The maximum atomic E-state index is 12.1. The van der Waals surface area contributed by atoms with E-state index in [1.807, 2.05) is 24.3 Å². The van der Waals surface area contributed by atoms with Gasteiger partial charge in [-0.15, -0.1) is 0 Å². The van der Waals surface area contributed by atoms with E-state index in [1.165, 1.54) is 0 Å². The minimum absolute atomic E-state index is 0.00848. The molecule has 0 unspecified atom stereocenters. The van der Waals surface area contributed by atoms with Crippen molar-refractivity contribution in [3.63, 3.8) is 0 Å². The third-order valence-electron chi connectivity index (χ3n) is 3.56. The molecule has 3 rings (SSSR count). The van der Waals surface area contributed by atoms with Crippen molar-refractivity contribution in [2.75, 3.05) is 18.1 Å². The number of benzene rings is 1. The first kappa shape index (κ1) is 13.1. The minimum atomic E-state index is -2.90. The largest absolute Gasteiger partial charge is 0.350 e. The predicted octanol–water partition coefficient (Wildman–Crippen LogP) is 0.727. The Kier molecular flexibility index (Phi) is 3.21. The van der Waals surface area contributed by atoms with Crippen molar-refractivity contribution < 1.29 is 13.2 Å². The van der Waals surface area contributed by atoms with E-state index in [2.05, 4.69) is 15.5 Å². The van der Waals surface area contributed by atoms with E-state index < -0.39 is 9.84 Å². The molecule has 1 aromatic carbocycles. The summed E-state index contributed by atoms with van der Waals surface area (Å²) in [6.07, 6.45) is 0.615. The van der Waals surface area contributed by atoms with Gasteiger partial charge in [0.15, 0.2) is 15.5 Å². The zero-order valence-corrected chi connectivity index (χ0v) is 11.6. The summed E-state index contributed by atoms with van der Waals surface area (Å²) in [6.45, 7) is 0.374. The molecule has 0 aliphatic carbocycles. The van der Waals surface area contributed by atoms with E-state index >= 15 is 0 Å². The van der Waals surface area contributed by atoms with Crippen molar-refractivity contribution in [1.29, 1.82) is 0 Å². The summed E-state index contributed by atoms with van der Waals surface area (Å²) >= 11 is 0. The summed E-state index contributed by atoms with van der Waals surface area (Å²) < 4.78 is 22.7. The Morgan fingerprint density at radius 3 is 2.95 bits per heavy atom. The summed E-state index contributed by atoms with van der Waals surface area (Å²) in [6, 6.07) is 7.39. The van der Waals surface area contributed by atoms with Crippen LogP contribution in [0.5, 0.6) is 0 Å². The lowest BCUT2D eigenvalue weighted by Crippen LogP contribution is -2.30. The van der Waals surface area contributed by atoms with Gasteiger partial charge >= 0.3 is 0 Å². The van der Waals surface area contributed by atoms with Crippen LogP contribution in [0.2, 0.25) is 0 Å². The zero-order chi connectivity index (χ0) is 14.2. The van der Waals surface area contributed by atoms with Gasteiger partial charge in [-0.25, -0.2) is 8.42 Å². The number of hydrogen-bond donors (Lipinski definition) is 2. The molecule has 1 aromatic heterocycles.